The van der Waals surface area contributed by atoms with E-state index in [1.165, 1.54) is 32.1 Å². The van der Waals surface area contributed by atoms with Gasteiger partial charge in [0.2, 0.25) is 10.0 Å². The summed E-state index contributed by atoms with van der Waals surface area (Å²) >= 11 is 5.64. The molecule has 0 aliphatic heterocycles. The van der Waals surface area contributed by atoms with Gasteiger partial charge in [-0.15, -0.1) is 11.6 Å². The number of halogens is 1. The maximum Gasteiger partial charge on any atom is 0.214 e. The number of sulfonamides is 1. The van der Waals surface area contributed by atoms with E-state index in [-0.39, 0.29) is 11.8 Å². The summed E-state index contributed by atoms with van der Waals surface area (Å²) < 4.78 is 26.5. The third-order valence-corrected chi connectivity index (χ3v) is 7.76. The first-order valence-corrected chi connectivity index (χ1v) is 9.67. The summed E-state index contributed by atoms with van der Waals surface area (Å²) in [5, 5.41) is 0. The van der Waals surface area contributed by atoms with E-state index in [4.69, 9.17) is 11.6 Å². The molecule has 0 heterocycles. The Labute approximate surface area is 121 Å². The molecular weight excluding hydrogens is 282 g/mol. The van der Waals surface area contributed by atoms with Gasteiger partial charge in [0.05, 0.1) is 5.75 Å². The molecular formula is C14H24ClNO2S. The molecule has 110 valence electrons. The predicted octanol–water partition coefficient (Wildman–Crippen LogP) is 2.70. The van der Waals surface area contributed by atoms with E-state index in [2.05, 4.69) is 0 Å². The van der Waals surface area contributed by atoms with Crippen LogP contribution in [0.2, 0.25) is 0 Å². The summed E-state index contributed by atoms with van der Waals surface area (Å²) in [5.74, 6) is 3.64. The smallest absolute Gasteiger partial charge is 0.212 e. The van der Waals surface area contributed by atoms with Crippen molar-refractivity contribution in [1.29, 1.82) is 0 Å². The topological polar surface area (TPSA) is 37.4 Å². The second-order valence-corrected chi connectivity index (χ2v) is 9.32. The van der Waals surface area contributed by atoms with Crippen molar-refractivity contribution in [3.8, 4) is 0 Å². The zero-order valence-corrected chi connectivity index (χ0v) is 13.2. The quantitative estimate of drug-likeness (QED) is 0.732. The Balaban J connectivity index is 1.75. The van der Waals surface area contributed by atoms with E-state index in [0.717, 1.165) is 11.8 Å². The molecule has 0 unspecified atom stereocenters. The van der Waals surface area contributed by atoms with Crippen LogP contribution in [0.3, 0.4) is 0 Å². The van der Waals surface area contributed by atoms with Crippen molar-refractivity contribution < 1.29 is 8.42 Å². The van der Waals surface area contributed by atoms with Crippen molar-refractivity contribution >= 4 is 21.6 Å². The molecule has 4 bridgehead atoms. The van der Waals surface area contributed by atoms with Crippen molar-refractivity contribution in [2.24, 2.45) is 23.7 Å². The van der Waals surface area contributed by atoms with Gasteiger partial charge in [0.25, 0.3) is 0 Å². The lowest BCUT2D eigenvalue weighted by Gasteiger charge is -2.56. The van der Waals surface area contributed by atoms with Crippen LogP contribution in [0.25, 0.3) is 0 Å². The van der Waals surface area contributed by atoms with Crippen LogP contribution in [0, 0.1) is 23.7 Å². The molecule has 0 amide bonds. The highest BCUT2D eigenvalue weighted by atomic mass is 35.5. The Morgan fingerprint density at radius 3 is 2.05 bits per heavy atom. The predicted molar refractivity (Wildman–Crippen MR) is 77.7 cm³/mol. The molecule has 19 heavy (non-hydrogen) atoms. The van der Waals surface area contributed by atoms with Crippen molar-refractivity contribution in [1.82, 2.24) is 4.31 Å². The Morgan fingerprint density at radius 2 is 1.58 bits per heavy atom. The van der Waals surface area contributed by atoms with E-state index in [9.17, 15) is 8.42 Å². The summed E-state index contributed by atoms with van der Waals surface area (Å²) in [6.07, 6.45) is 6.99. The molecule has 0 aromatic rings. The number of nitrogens with zero attached hydrogens (tertiary/aromatic N) is 1. The zero-order chi connectivity index (χ0) is 13.6. The van der Waals surface area contributed by atoms with Gasteiger partial charge < -0.3 is 0 Å². The van der Waals surface area contributed by atoms with E-state index < -0.39 is 10.0 Å². The average molecular weight is 306 g/mol. The third-order valence-electron chi connectivity index (χ3n) is 5.57. The summed E-state index contributed by atoms with van der Waals surface area (Å²) in [6.45, 7) is 0. The molecule has 4 aliphatic rings. The summed E-state index contributed by atoms with van der Waals surface area (Å²) in [6, 6.07) is 0.271. The first-order chi connectivity index (χ1) is 9.01. The van der Waals surface area contributed by atoms with E-state index >= 15 is 0 Å². The minimum Gasteiger partial charge on any atom is -0.212 e. The lowest BCUT2D eigenvalue weighted by Crippen LogP contribution is -2.56. The van der Waals surface area contributed by atoms with Crippen LogP contribution < -0.4 is 0 Å². The number of hydrogen-bond donors (Lipinski definition) is 0. The standard InChI is InChI=1S/C14H24ClNO2S/c1-16(19(17,18)4-2-3-15)14-12-6-10-5-11(8-12)9-13(14)7-10/h10-14H,2-9H2,1H3. The molecule has 4 fully saturated rings. The Kier molecular flexibility index (Phi) is 3.87. The number of alkyl halides is 1. The SMILES string of the molecule is CN(C1C2CC3CC(C2)CC1C3)S(=O)(=O)CCCCl. The first kappa shape index (κ1) is 14.2. The van der Waals surface area contributed by atoms with Crippen LogP contribution in [-0.2, 0) is 10.0 Å². The van der Waals surface area contributed by atoms with Gasteiger partial charge in [0, 0.05) is 19.0 Å². The summed E-state index contributed by atoms with van der Waals surface area (Å²) in [5.41, 5.74) is 0. The largest absolute Gasteiger partial charge is 0.214 e. The van der Waals surface area contributed by atoms with Crippen molar-refractivity contribution in [2.45, 2.75) is 44.6 Å². The maximum absolute atomic E-state index is 12.4. The Morgan fingerprint density at radius 1 is 1.05 bits per heavy atom. The van der Waals surface area contributed by atoms with Gasteiger partial charge in [0.1, 0.15) is 0 Å². The third kappa shape index (κ3) is 2.56. The van der Waals surface area contributed by atoms with Crippen LogP contribution >= 0.6 is 11.6 Å². The molecule has 0 atom stereocenters. The maximum atomic E-state index is 12.4. The van der Waals surface area contributed by atoms with Crippen molar-refractivity contribution in [2.75, 3.05) is 18.7 Å². The van der Waals surface area contributed by atoms with Gasteiger partial charge in [-0.3, -0.25) is 0 Å². The molecule has 0 saturated heterocycles. The van der Waals surface area contributed by atoms with Gasteiger partial charge in [-0.1, -0.05) is 0 Å². The molecule has 0 N–H and O–H groups in total. The monoisotopic (exact) mass is 305 g/mol. The van der Waals surface area contributed by atoms with Crippen LogP contribution in [0.4, 0.5) is 0 Å². The molecule has 4 saturated carbocycles. The van der Waals surface area contributed by atoms with Gasteiger partial charge in [0.15, 0.2) is 0 Å². The summed E-state index contributed by atoms with van der Waals surface area (Å²) in [7, 11) is -1.32. The second kappa shape index (κ2) is 5.19. The molecule has 0 radical (unpaired) electrons. The molecule has 0 aromatic heterocycles. The van der Waals surface area contributed by atoms with Crippen LogP contribution in [0.5, 0.6) is 0 Å². The molecule has 3 nitrogen and oxygen atoms in total. The van der Waals surface area contributed by atoms with E-state index in [0.29, 0.717) is 24.1 Å². The Hall–Kier alpha value is 0.200. The van der Waals surface area contributed by atoms with Crippen molar-refractivity contribution in [3.63, 3.8) is 0 Å². The van der Waals surface area contributed by atoms with E-state index in [1.807, 2.05) is 0 Å². The highest BCUT2D eigenvalue weighted by molar-refractivity contribution is 7.89. The molecule has 0 aromatic carbocycles. The fraction of sp³-hybridized carbons (Fsp3) is 1.00. The average Bonchev–Trinajstić information content (AvgIpc) is 2.35. The van der Waals surface area contributed by atoms with Gasteiger partial charge in [-0.2, -0.15) is 0 Å². The Bertz CT molecular complexity index is 409. The van der Waals surface area contributed by atoms with Crippen molar-refractivity contribution in [3.05, 3.63) is 0 Å². The molecule has 4 aliphatic carbocycles. The van der Waals surface area contributed by atoms with E-state index in [1.54, 1.807) is 11.4 Å². The van der Waals surface area contributed by atoms with Crippen LogP contribution in [0.1, 0.15) is 38.5 Å². The van der Waals surface area contributed by atoms with Crippen LogP contribution in [-0.4, -0.2) is 37.4 Å². The highest BCUT2D eigenvalue weighted by Gasteiger charge is 2.51. The number of hydrogen-bond acceptors (Lipinski definition) is 2. The zero-order valence-electron chi connectivity index (χ0n) is 11.6. The second-order valence-electron chi connectivity index (χ2n) is 6.80. The van der Waals surface area contributed by atoms with Gasteiger partial charge in [-0.25, -0.2) is 12.7 Å². The number of rotatable bonds is 5. The molecule has 5 heteroatoms. The first-order valence-electron chi connectivity index (χ1n) is 7.53. The normalized spacial score (nSPS) is 41.1. The molecule has 0 spiro atoms. The van der Waals surface area contributed by atoms with Gasteiger partial charge in [-0.05, 0) is 62.2 Å². The highest BCUT2D eigenvalue weighted by Crippen LogP contribution is 2.55. The minimum atomic E-state index is -3.12. The minimum absolute atomic E-state index is 0.204. The summed E-state index contributed by atoms with van der Waals surface area (Å²) in [4.78, 5) is 0. The fourth-order valence-corrected chi connectivity index (χ4v) is 6.86. The van der Waals surface area contributed by atoms with Crippen LogP contribution in [0.15, 0.2) is 0 Å². The fourth-order valence-electron chi connectivity index (χ4n) is 5.06. The lowest BCUT2D eigenvalue weighted by atomic mass is 9.54. The molecule has 4 rings (SSSR count). The van der Waals surface area contributed by atoms with Gasteiger partial charge >= 0.3 is 0 Å². The lowest BCUT2D eigenvalue weighted by molar-refractivity contribution is -0.0351.